The fourth-order valence-corrected chi connectivity index (χ4v) is 6.09. The molecule has 0 radical (unpaired) electrons. The fourth-order valence-electron chi connectivity index (χ4n) is 6.09. The van der Waals surface area contributed by atoms with Gasteiger partial charge in [0.2, 0.25) is 5.91 Å². The van der Waals surface area contributed by atoms with Gasteiger partial charge in [0, 0.05) is 55.0 Å². The molecule has 168 valence electrons. The zero-order chi connectivity index (χ0) is 23.3. The summed E-state index contributed by atoms with van der Waals surface area (Å²) in [7, 11) is 1.97. The number of nitrogens with one attached hydrogen (secondary N) is 1. The van der Waals surface area contributed by atoms with Crippen molar-refractivity contribution in [3.63, 3.8) is 0 Å². The Morgan fingerprint density at radius 3 is 2.74 bits per heavy atom. The molecule has 1 atom stereocenters. The quantitative estimate of drug-likeness (QED) is 0.483. The van der Waals surface area contributed by atoms with Crippen LogP contribution in [0.2, 0.25) is 0 Å². The molecule has 0 aliphatic carbocycles. The van der Waals surface area contributed by atoms with Gasteiger partial charge in [0.1, 0.15) is 0 Å². The summed E-state index contributed by atoms with van der Waals surface area (Å²) < 4.78 is 3.89. The number of carbonyl (C=O) groups excluding carboxylic acids is 2. The summed E-state index contributed by atoms with van der Waals surface area (Å²) >= 11 is 0. The van der Waals surface area contributed by atoms with Crippen molar-refractivity contribution < 1.29 is 9.59 Å². The van der Waals surface area contributed by atoms with Crippen molar-refractivity contribution in [2.24, 2.45) is 7.05 Å². The molecule has 0 spiro atoms. The average Bonchev–Trinajstić information content (AvgIpc) is 3.46. The first-order chi connectivity index (χ1) is 16.4. The van der Waals surface area contributed by atoms with Crippen LogP contribution in [0.15, 0.2) is 64.7 Å². The second-order valence-electron chi connectivity index (χ2n) is 9.42. The number of anilines is 1. The minimum absolute atomic E-state index is 0.0697. The number of rotatable bonds is 1. The van der Waals surface area contributed by atoms with E-state index in [1.807, 2.05) is 58.8 Å². The Balaban J connectivity index is 1.58. The van der Waals surface area contributed by atoms with Crippen molar-refractivity contribution in [1.82, 2.24) is 14.0 Å². The summed E-state index contributed by atoms with van der Waals surface area (Å²) in [4.78, 5) is 41.1. The molecule has 0 saturated carbocycles. The molecule has 3 aliphatic rings. The number of benzene rings is 2. The number of nitrogens with zero attached hydrogens (tertiary/aromatic N) is 3. The van der Waals surface area contributed by atoms with Crippen LogP contribution in [0, 0.1) is 0 Å². The number of pyridine rings is 1. The van der Waals surface area contributed by atoms with E-state index in [4.69, 9.17) is 0 Å². The van der Waals surface area contributed by atoms with Crippen LogP contribution in [0.1, 0.15) is 29.5 Å². The number of aromatic nitrogens is 2. The van der Waals surface area contributed by atoms with E-state index < -0.39 is 5.92 Å². The monoisotopic (exact) mass is 450 g/mol. The first-order valence-corrected chi connectivity index (χ1v) is 11.5. The van der Waals surface area contributed by atoms with Gasteiger partial charge in [0.25, 0.3) is 11.5 Å². The van der Waals surface area contributed by atoms with Crippen LogP contribution >= 0.6 is 0 Å². The van der Waals surface area contributed by atoms with Gasteiger partial charge in [-0.05, 0) is 41.1 Å². The number of hydrogen-bond acceptors (Lipinski definition) is 4. The van der Waals surface area contributed by atoms with Gasteiger partial charge in [-0.15, -0.1) is 0 Å². The van der Waals surface area contributed by atoms with Crippen molar-refractivity contribution in [3.8, 4) is 0 Å². The molecule has 0 fully saturated rings. The second-order valence-corrected chi connectivity index (χ2v) is 9.42. The van der Waals surface area contributed by atoms with Gasteiger partial charge in [0.05, 0.1) is 23.2 Å². The maximum absolute atomic E-state index is 13.9. The Morgan fingerprint density at radius 2 is 1.91 bits per heavy atom. The van der Waals surface area contributed by atoms with Crippen LogP contribution < -0.4 is 10.9 Å². The number of hydrogen-bond donors (Lipinski definition) is 1. The standard InChI is InChI=1S/C27H22N4O3/c1-14(32)31-13-20-24(27(31)34)22(18-12-29(2)21-8-4-7-19(28-20)23(18)21)17-11-16-6-3-5-15-9-10-30(25(15)16)26(17)33/h3-8,11-12,22,28H,9-10,13H2,1-2H3. The van der Waals surface area contributed by atoms with E-state index in [9.17, 15) is 14.4 Å². The van der Waals surface area contributed by atoms with E-state index in [-0.39, 0.29) is 23.9 Å². The lowest BCUT2D eigenvalue weighted by Gasteiger charge is -2.20. The van der Waals surface area contributed by atoms with Crippen molar-refractivity contribution in [3.05, 3.63) is 87.0 Å². The average molecular weight is 450 g/mol. The summed E-state index contributed by atoms with van der Waals surface area (Å²) in [5, 5.41) is 5.45. The van der Waals surface area contributed by atoms with Crippen LogP contribution in [-0.4, -0.2) is 32.4 Å². The maximum Gasteiger partial charge on any atom is 0.259 e. The summed E-state index contributed by atoms with van der Waals surface area (Å²) in [6.45, 7) is 2.22. The molecular weight excluding hydrogens is 428 g/mol. The number of imide groups is 1. The van der Waals surface area contributed by atoms with E-state index >= 15 is 0 Å². The Labute approximate surface area is 194 Å². The molecule has 0 bridgehead atoms. The highest BCUT2D eigenvalue weighted by Gasteiger charge is 2.42. The molecule has 1 N–H and O–H groups in total. The lowest BCUT2D eigenvalue weighted by atomic mass is 9.84. The van der Waals surface area contributed by atoms with Gasteiger partial charge in [-0.3, -0.25) is 19.3 Å². The molecule has 7 rings (SSSR count). The smallest absolute Gasteiger partial charge is 0.259 e. The van der Waals surface area contributed by atoms with Crippen LogP contribution in [0.25, 0.3) is 21.8 Å². The summed E-state index contributed by atoms with van der Waals surface area (Å²) in [5.41, 5.74) is 6.65. The van der Waals surface area contributed by atoms with Gasteiger partial charge < -0.3 is 14.5 Å². The summed E-state index contributed by atoms with van der Waals surface area (Å²) in [5.74, 6) is -1.21. The van der Waals surface area contributed by atoms with Gasteiger partial charge in [-0.1, -0.05) is 24.3 Å². The zero-order valence-electron chi connectivity index (χ0n) is 18.9. The Morgan fingerprint density at radius 1 is 1.09 bits per heavy atom. The van der Waals surface area contributed by atoms with Gasteiger partial charge in [0.15, 0.2) is 0 Å². The van der Waals surface area contributed by atoms with Crippen molar-refractivity contribution in [2.45, 2.75) is 25.8 Å². The van der Waals surface area contributed by atoms with Crippen molar-refractivity contribution >= 4 is 39.3 Å². The molecule has 2 aromatic heterocycles. The Bertz CT molecular complexity index is 1700. The van der Waals surface area contributed by atoms with Crippen LogP contribution in [0.5, 0.6) is 0 Å². The number of aryl methyl sites for hydroxylation is 3. The molecular formula is C27H22N4O3. The van der Waals surface area contributed by atoms with Crippen LogP contribution in [0.3, 0.4) is 0 Å². The van der Waals surface area contributed by atoms with E-state index in [0.717, 1.165) is 39.5 Å². The third-order valence-corrected chi connectivity index (χ3v) is 7.57. The highest BCUT2D eigenvalue weighted by Crippen LogP contribution is 2.46. The lowest BCUT2D eigenvalue weighted by Crippen LogP contribution is -2.34. The van der Waals surface area contributed by atoms with E-state index in [2.05, 4.69) is 11.4 Å². The molecule has 4 aromatic rings. The molecule has 7 heteroatoms. The minimum Gasteiger partial charge on any atom is -0.356 e. The third kappa shape index (κ3) is 2.33. The van der Waals surface area contributed by atoms with Gasteiger partial charge >= 0.3 is 0 Å². The van der Waals surface area contributed by atoms with Crippen molar-refractivity contribution in [1.29, 1.82) is 0 Å². The molecule has 5 heterocycles. The molecule has 0 saturated heterocycles. The Kier molecular flexibility index (Phi) is 3.68. The molecule has 2 amide bonds. The third-order valence-electron chi connectivity index (χ3n) is 7.57. The van der Waals surface area contributed by atoms with Gasteiger partial charge in [-0.25, -0.2) is 0 Å². The molecule has 3 aliphatic heterocycles. The van der Waals surface area contributed by atoms with E-state index in [0.29, 0.717) is 23.4 Å². The fraction of sp³-hybridized carbons (Fsp3) is 0.222. The van der Waals surface area contributed by atoms with Gasteiger partial charge in [-0.2, -0.15) is 0 Å². The first kappa shape index (κ1) is 19.3. The highest BCUT2D eigenvalue weighted by molar-refractivity contribution is 6.11. The molecule has 2 aromatic carbocycles. The largest absolute Gasteiger partial charge is 0.356 e. The predicted molar refractivity (Wildman–Crippen MR) is 130 cm³/mol. The molecule has 34 heavy (non-hydrogen) atoms. The minimum atomic E-state index is -0.573. The normalized spacial score (nSPS) is 18.6. The summed E-state index contributed by atoms with van der Waals surface area (Å²) in [6.07, 6.45) is 2.84. The Hall–Kier alpha value is -4.13. The number of para-hydroxylation sites is 1. The predicted octanol–water partition coefficient (Wildman–Crippen LogP) is 3.25. The maximum atomic E-state index is 13.9. The first-order valence-electron chi connectivity index (χ1n) is 11.5. The topological polar surface area (TPSA) is 76.3 Å². The number of amides is 2. The molecule has 1 unspecified atom stereocenters. The summed E-state index contributed by atoms with van der Waals surface area (Å²) in [6, 6.07) is 14.1. The lowest BCUT2D eigenvalue weighted by molar-refractivity contribution is -0.139. The van der Waals surface area contributed by atoms with E-state index in [1.54, 1.807) is 0 Å². The van der Waals surface area contributed by atoms with Crippen molar-refractivity contribution in [2.75, 3.05) is 11.9 Å². The van der Waals surface area contributed by atoms with Crippen LogP contribution in [-0.2, 0) is 29.6 Å². The highest BCUT2D eigenvalue weighted by atomic mass is 16.2. The second kappa shape index (κ2) is 6.47. The van der Waals surface area contributed by atoms with Crippen LogP contribution in [0.4, 0.5) is 5.69 Å². The number of carbonyl (C=O) groups is 2. The van der Waals surface area contributed by atoms with E-state index in [1.165, 1.54) is 17.4 Å². The SMILES string of the molecule is CC(=O)N1CC2=C(C1=O)C(c1cc3cccc4c3n(c1=O)CC4)c1cn(C)c3cccc(c13)N2. The zero-order valence-corrected chi connectivity index (χ0v) is 18.9. The molecule has 7 nitrogen and oxygen atoms in total.